The lowest BCUT2D eigenvalue weighted by molar-refractivity contribution is 0.330. The summed E-state index contributed by atoms with van der Waals surface area (Å²) in [6.45, 7) is 5.53. The van der Waals surface area contributed by atoms with Crippen LogP contribution >= 0.6 is 0 Å². The molecular weight excluding hydrogens is 100 g/mol. The Morgan fingerprint density at radius 1 is 1.38 bits per heavy atom. The SMILES string of the molecule is CC1NCC[C@H](C)N1. The van der Waals surface area contributed by atoms with Gasteiger partial charge in [0.25, 0.3) is 0 Å². The lowest BCUT2D eigenvalue weighted by Crippen LogP contribution is -2.50. The second kappa shape index (κ2) is 2.46. The zero-order valence-corrected chi connectivity index (χ0v) is 5.57. The van der Waals surface area contributed by atoms with E-state index < -0.39 is 0 Å². The third kappa shape index (κ3) is 1.46. The zero-order valence-electron chi connectivity index (χ0n) is 5.57. The van der Waals surface area contributed by atoms with E-state index in [0.29, 0.717) is 12.2 Å². The second-order valence-corrected chi connectivity index (χ2v) is 2.53. The molecule has 0 aromatic carbocycles. The van der Waals surface area contributed by atoms with Crippen molar-refractivity contribution < 1.29 is 0 Å². The van der Waals surface area contributed by atoms with Gasteiger partial charge in [-0.15, -0.1) is 0 Å². The summed E-state index contributed by atoms with van der Waals surface area (Å²) < 4.78 is 0. The van der Waals surface area contributed by atoms with Gasteiger partial charge >= 0.3 is 0 Å². The van der Waals surface area contributed by atoms with Crippen molar-refractivity contribution in [2.24, 2.45) is 0 Å². The predicted molar refractivity (Wildman–Crippen MR) is 34.7 cm³/mol. The average molecular weight is 114 g/mol. The van der Waals surface area contributed by atoms with Crippen LogP contribution in [-0.2, 0) is 0 Å². The summed E-state index contributed by atoms with van der Waals surface area (Å²) in [5.41, 5.74) is 0. The first kappa shape index (κ1) is 6.05. The summed E-state index contributed by atoms with van der Waals surface area (Å²) in [5.74, 6) is 0. The van der Waals surface area contributed by atoms with Crippen LogP contribution in [0, 0.1) is 0 Å². The molecule has 8 heavy (non-hydrogen) atoms. The maximum atomic E-state index is 3.37. The first-order chi connectivity index (χ1) is 3.79. The van der Waals surface area contributed by atoms with E-state index in [9.17, 15) is 0 Å². The second-order valence-electron chi connectivity index (χ2n) is 2.53. The predicted octanol–water partition coefficient (Wildman–Crippen LogP) is 0.304. The quantitative estimate of drug-likeness (QED) is 0.473. The molecule has 1 aliphatic rings. The van der Waals surface area contributed by atoms with Crippen LogP contribution in [-0.4, -0.2) is 18.8 Å². The first-order valence-electron chi connectivity index (χ1n) is 3.28. The Balaban J connectivity index is 2.23. The molecule has 48 valence electrons. The van der Waals surface area contributed by atoms with Crippen LogP contribution in [0.1, 0.15) is 20.3 Å². The maximum Gasteiger partial charge on any atom is 0.0544 e. The van der Waals surface area contributed by atoms with Crippen LogP contribution in [0.2, 0.25) is 0 Å². The molecule has 0 aromatic heterocycles. The van der Waals surface area contributed by atoms with E-state index in [2.05, 4.69) is 24.5 Å². The minimum absolute atomic E-state index is 0.513. The van der Waals surface area contributed by atoms with Crippen molar-refractivity contribution >= 4 is 0 Å². The van der Waals surface area contributed by atoms with Gasteiger partial charge in [0.1, 0.15) is 0 Å². The van der Waals surface area contributed by atoms with E-state index in [1.54, 1.807) is 0 Å². The fourth-order valence-electron chi connectivity index (χ4n) is 1.09. The molecule has 2 atom stereocenters. The largest absolute Gasteiger partial charge is 0.302 e. The summed E-state index contributed by atoms with van der Waals surface area (Å²) in [5, 5.41) is 6.67. The average Bonchev–Trinajstić information content (AvgIpc) is 1.64. The molecule has 1 unspecified atom stereocenters. The third-order valence-corrected chi connectivity index (χ3v) is 1.56. The standard InChI is InChI=1S/C6H14N2/c1-5-3-4-7-6(2)8-5/h5-8H,3-4H2,1-2H3/t5-,6?/m0/s1. The normalized spacial score (nSPS) is 39.8. The Kier molecular flexibility index (Phi) is 1.86. The smallest absolute Gasteiger partial charge is 0.0544 e. The molecule has 0 spiro atoms. The van der Waals surface area contributed by atoms with Gasteiger partial charge in [-0.2, -0.15) is 0 Å². The first-order valence-corrected chi connectivity index (χ1v) is 3.28. The number of hydrogen-bond donors (Lipinski definition) is 2. The number of rotatable bonds is 0. The molecule has 1 aliphatic heterocycles. The van der Waals surface area contributed by atoms with E-state index in [-0.39, 0.29) is 0 Å². The molecule has 1 rings (SSSR count). The topological polar surface area (TPSA) is 24.1 Å². The van der Waals surface area contributed by atoms with Crippen LogP contribution < -0.4 is 10.6 Å². The minimum Gasteiger partial charge on any atom is -0.302 e. The molecule has 0 radical (unpaired) electrons. The zero-order chi connectivity index (χ0) is 5.98. The van der Waals surface area contributed by atoms with E-state index in [1.807, 2.05) is 0 Å². The summed E-state index contributed by atoms with van der Waals surface area (Å²) in [6, 6.07) is 0.700. The molecule has 2 heteroatoms. The summed E-state index contributed by atoms with van der Waals surface area (Å²) in [6.07, 6.45) is 1.77. The summed E-state index contributed by atoms with van der Waals surface area (Å²) in [4.78, 5) is 0. The van der Waals surface area contributed by atoms with Gasteiger partial charge in [0.05, 0.1) is 6.17 Å². The van der Waals surface area contributed by atoms with E-state index >= 15 is 0 Å². The highest BCUT2D eigenvalue weighted by molar-refractivity contribution is 4.72. The van der Waals surface area contributed by atoms with Crippen molar-refractivity contribution in [1.29, 1.82) is 0 Å². The Morgan fingerprint density at radius 3 is 2.50 bits per heavy atom. The lowest BCUT2D eigenvalue weighted by atomic mass is 10.2. The van der Waals surface area contributed by atoms with E-state index in [1.165, 1.54) is 6.42 Å². The fourth-order valence-corrected chi connectivity index (χ4v) is 1.09. The van der Waals surface area contributed by atoms with Crippen molar-refractivity contribution in [3.63, 3.8) is 0 Å². The molecule has 0 aliphatic carbocycles. The Bertz CT molecular complexity index is 64.9. The molecule has 1 heterocycles. The molecule has 2 nitrogen and oxygen atoms in total. The van der Waals surface area contributed by atoms with Crippen molar-refractivity contribution in [1.82, 2.24) is 10.6 Å². The van der Waals surface area contributed by atoms with E-state index in [4.69, 9.17) is 0 Å². The monoisotopic (exact) mass is 114 g/mol. The molecule has 1 saturated heterocycles. The highest BCUT2D eigenvalue weighted by atomic mass is 15.1. The molecular formula is C6H14N2. The fraction of sp³-hybridized carbons (Fsp3) is 1.00. The van der Waals surface area contributed by atoms with Gasteiger partial charge in [-0.1, -0.05) is 0 Å². The number of hydrogen-bond acceptors (Lipinski definition) is 2. The van der Waals surface area contributed by atoms with Crippen LogP contribution in [0.5, 0.6) is 0 Å². The van der Waals surface area contributed by atoms with Crippen molar-refractivity contribution in [3.8, 4) is 0 Å². The maximum absolute atomic E-state index is 3.37. The Hall–Kier alpha value is -0.0800. The van der Waals surface area contributed by atoms with Gasteiger partial charge in [-0.25, -0.2) is 0 Å². The van der Waals surface area contributed by atoms with Crippen molar-refractivity contribution in [2.75, 3.05) is 6.54 Å². The van der Waals surface area contributed by atoms with Gasteiger partial charge < -0.3 is 5.32 Å². The summed E-state index contributed by atoms with van der Waals surface area (Å²) >= 11 is 0. The van der Waals surface area contributed by atoms with Gasteiger partial charge in [-0.05, 0) is 26.8 Å². The highest BCUT2D eigenvalue weighted by Crippen LogP contribution is 1.95. The molecule has 0 aromatic rings. The Morgan fingerprint density at radius 2 is 2.12 bits per heavy atom. The van der Waals surface area contributed by atoms with Crippen LogP contribution in [0.15, 0.2) is 0 Å². The summed E-state index contributed by atoms with van der Waals surface area (Å²) in [7, 11) is 0. The molecule has 0 bridgehead atoms. The number of nitrogens with one attached hydrogen (secondary N) is 2. The minimum atomic E-state index is 0.513. The van der Waals surface area contributed by atoms with Crippen LogP contribution in [0.3, 0.4) is 0 Å². The molecule has 0 saturated carbocycles. The van der Waals surface area contributed by atoms with E-state index in [0.717, 1.165) is 6.54 Å². The van der Waals surface area contributed by atoms with Gasteiger partial charge in [0, 0.05) is 6.04 Å². The molecule has 1 fully saturated rings. The van der Waals surface area contributed by atoms with Crippen molar-refractivity contribution in [2.45, 2.75) is 32.5 Å². The Labute approximate surface area is 50.7 Å². The highest BCUT2D eigenvalue weighted by Gasteiger charge is 2.10. The van der Waals surface area contributed by atoms with Crippen LogP contribution in [0.4, 0.5) is 0 Å². The van der Waals surface area contributed by atoms with Gasteiger partial charge in [-0.3, -0.25) is 5.32 Å². The van der Waals surface area contributed by atoms with Crippen LogP contribution in [0.25, 0.3) is 0 Å². The molecule has 2 N–H and O–H groups in total. The van der Waals surface area contributed by atoms with Gasteiger partial charge in [0.2, 0.25) is 0 Å². The lowest BCUT2D eigenvalue weighted by Gasteiger charge is -2.26. The molecule has 0 amide bonds. The van der Waals surface area contributed by atoms with Crippen molar-refractivity contribution in [3.05, 3.63) is 0 Å². The third-order valence-electron chi connectivity index (χ3n) is 1.56. The van der Waals surface area contributed by atoms with Gasteiger partial charge in [0.15, 0.2) is 0 Å².